The first-order valence-electron chi connectivity index (χ1n) is 13.7. The van der Waals surface area contributed by atoms with E-state index in [1.807, 2.05) is 22.9 Å². The highest BCUT2D eigenvalue weighted by molar-refractivity contribution is 7.90. The highest BCUT2D eigenvalue weighted by Crippen LogP contribution is 2.38. The Balaban J connectivity index is 1.06. The van der Waals surface area contributed by atoms with Crippen molar-refractivity contribution >= 4 is 33.0 Å². The van der Waals surface area contributed by atoms with Crippen LogP contribution in [0.5, 0.6) is 11.5 Å². The van der Waals surface area contributed by atoms with Crippen LogP contribution >= 0.6 is 11.6 Å². The summed E-state index contributed by atoms with van der Waals surface area (Å²) >= 11 is 6.39. The van der Waals surface area contributed by atoms with Gasteiger partial charge in [-0.15, -0.1) is 0 Å². The molecule has 0 radical (unpaired) electrons. The first-order valence-corrected chi connectivity index (χ1v) is 15.6. The highest BCUT2D eigenvalue weighted by atomic mass is 35.5. The second-order valence-corrected chi connectivity index (χ2v) is 13.5. The number of nitrogens with zero attached hydrogens (tertiary/aromatic N) is 4. The Morgan fingerprint density at radius 3 is 2.51 bits per heavy atom. The predicted octanol–water partition coefficient (Wildman–Crippen LogP) is 4.04. The summed E-state index contributed by atoms with van der Waals surface area (Å²) in [5, 5.41) is 4.17. The van der Waals surface area contributed by atoms with Crippen LogP contribution in [-0.4, -0.2) is 80.3 Å². The molecular weight excluding hydrogens is 538 g/mol. The number of rotatable bonds is 9. The third-order valence-corrected chi connectivity index (χ3v) is 11.0. The lowest BCUT2D eigenvalue weighted by Gasteiger charge is -2.32. The molecule has 0 amide bonds. The van der Waals surface area contributed by atoms with Gasteiger partial charge in [0.1, 0.15) is 17.1 Å². The van der Waals surface area contributed by atoms with Gasteiger partial charge in [0.2, 0.25) is 10.0 Å². The zero-order valence-corrected chi connectivity index (χ0v) is 24.0. The van der Waals surface area contributed by atoms with Gasteiger partial charge in [-0.25, -0.2) is 17.7 Å². The molecule has 3 aliphatic rings. The van der Waals surface area contributed by atoms with Crippen LogP contribution < -0.4 is 19.7 Å². The lowest BCUT2D eigenvalue weighted by atomic mass is 9.98. The summed E-state index contributed by atoms with van der Waals surface area (Å²) in [5.74, 6) is 1.75. The number of aromatic nitrogens is 2. The van der Waals surface area contributed by atoms with E-state index in [0.29, 0.717) is 41.6 Å². The molecule has 1 N–H and O–H groups in total. The molecule has 2 aliphatic heterocycles. The molecule has 3 aromatic rings. The molecule has 210 valence electrons. The van der Waals surface area contributed by atoms with E-state index in [1.165, 1.54) is 0 Å². The van der Waals surface area contributed by atoms with Gasteiger partial charge in [-0.1, -0.05) is 11.6 Å². The van der Waals surface area contributed by atoms with Crippen LogP contribution in [0.25, 0.3) is 16.9 Å². The Labute approximate surface area is 235 Å². The van der Waals surface area contributed by atoms with Crippen molar-refractivity contribution in [2.75, 3.05) is 51.8 Å². The molecule has 39 heavy (non-hydrogen) atoms. The van der Waals surface area contributed by atoms with Crippen LogP contribution in [0.3, 0.4) is 0 Å². The van der Waals surface area contributed by atoms with Gasteiger partial charge < -0.3 is 24.1 Å². The van der Waals surface area contributed by atoms with Gasteiger partial charge in [0, 0.05) is 68.0 Å². The maximum Gasteiger partial charge on any atom is 0.216 e. The molecule has 1 aliphatic carbocycles. The van der Waals surface area contributed by atoms with Gasteiger partial charge in [0.15, 0.2) is 0 Å². The maximum absolute atomic E-state index is 12.5. The van der Waals surface area contributed by atoms with Crippen LogP contribution in [0.2, 0.25) is 5.02 Å². The molecule has 2 saturated heterocycles. The summed E-state index contributed by atoms with van der Waals surface area (Å²) in [5.41, 5.74) is 3.61. The van der Waals surface area contributed by atoms with Crippen molar-refractivity contribution in [3.8, 4) is 22.8 Å². The molecule has 6 rings (SSSR count). The van der Waals surface area contributed by atoms with Crippen molar-refractivity contribution < 1.29 is 17.9 Å². The number of fused-ring (bicyclic) bond motifs is 1. The molecule has 9 nitrogen and oxygen atoms in total. The number of ether oxygens (including phenoxy) is 2. The zero-order valence-electron chi connectivity index (χ0n) is 22.5. The smallest absolute Gasteiger partial charge is 0.216 e. The van der Waals surface area contributed by atoms with E-state index < -0.39 is 10.0 Å². The minimum Gasteiger partial charge on any atom is -0.496 e. The number of hydrogen-bond acceptors (Lipinski definition) is 7. The van der Waals surface area contributed by atoms with Crippen LogP contribution in [0.1, 0.15) is 32.1 Å². The molecule has 1 unspecified atom stereocenters. The number of halogens is 1. The molecule has 1 saturated carbocycles. The van der Waals surface area contributed by atoms with Gasteiger partial charge in [-0.05, 0) is 56.7 Å². The summed E-state index contributed by atoms with van der Waals surface area (Å²) in [6.07, 6.45) is 8.67. The topological polar surface area (TPSA) is 88.4 Å². The molecule has 3 fully saturated rings. The van der Waals surface area contributed by atoms with Crippen molar-refractivity contribution in [1.29, 1.82) is 0 Å². The molecule has 1 atom stereocenters. The third-order valence-electron chi connectivity index (χ3n) is 8.32. The summed E-state index contributed by atoms with van der Waals surface area (Å²) < 4.78 is 39.6. The van der Waals surface area contributed by atoms with Crippen LogP contribution in [0.15, 0.2) is 36.7 Å². The average molecular weight is 574 g/mol. The number of piperidine rings is 1. The number of anilines is 1. The minimum absolute atomic E-state index is 0.104. The van der Waals surface area contributed by atoms with E-state index in [0.717, 1.165) is 74.3 Å². The van der Waals surface area contributed by atoms with Crippen molar-refractivity contribution in [2.24, 2.45) is 5.92 Å². The quantitative estimate of drug-likeness (QED) is 0.413. The van der Waals surface area contributed by atoms with Gasteiger partial charge in [0.25, 0.3) is 0 Å². The summed E-state index contributed by atoms with van der Waals surface area (Å²) in [7, 11) is 0.171. The van der Waals surface area contributed by atoms with Gasteiger partial charge in [-0.2, -0.15) is 0 Å². The Kier molecular flexibility index (Phi) is 7.39. The van der Waals surface area contributed by atoms with Gasteiger partial charge in [-0.3, -0.25) is 0 Å². The van der Waals surface area contributed by atoms with Crippen molar-refractivity contribution in [2.45, 2.75) is 43.4 Å². The number of methoxy groups -OCH3 is 2. The summed E-state index contributed by atoms with van der Waals surface area (Å²) in [6.45, 7) is 4.22. The largest absolute Gasteiger partial charge is 0.496 e. The van der Waals surface area contributed by atoms with E-state index in [-0.39, 0.29) is 5.25 Å². The Morgan fingerprint density at radius 2 is 1.79 bits per heavy atom. The van der Waals surface area contributed by atoms with E-state index in [2.05, 4.69) is 22.3 Å². The first kappa shape index (κ1) is 26.7. The zero-order chi connectivity index (χ0) is 27.1. The van der Waals surface area contributed by atoms with Crippen LogP contribution in [-0.2, 0) is 10.0 Å². The van der Waals surface area contributed by atoms with Crippen molar-refractivity contribution in [3.63, 3.8) is 0 Å². The number of hydrogen-bond donors (Lipinski definition) is 1. The Morgan fingerprint density at radius 1 is 1.03 bits per heavy atom. The Bertz CT molecular complexity index is 1450. The molecule has 0 bridgehead atoms. The van der Waals surface area contributed by atoms with Crippen LogP contribution in [0.4, 0.5) is 5.69 Å². The highest BCUT2D eigenvalue weighted by Gasteiger charge is 2.41. The number of sulfonamides is 1. The lowest BCUT2D eigenvalue weighted by molar-refractivity contribution is 0.262. The average Bonchev–Trinajstić information content (AvgIpc) is 3.57. The molecule has 0 spiro atoms. The number of nitrogens with one attached hydrogen (secondary N) is 1. The number of imidazole rings is 1. The Hall–Kier alpha value is -2.53. The molecule has 2 aromatic heterocycles. The van der Waals surface area contributed by atoms with Crippen molar-refractivity contribution in [1.82, 2.24) is 19.0 Å². The van der Waals surface area contributed by atoms with E-state index in [9.17, 15) is 8.42 Å². The summed E-state index contributed by atoms with van der Waals surface area (Å²) in [6, 6.07) is 8.29. The van der Waals surface area contributed by atoms with Gasteiger partial charge in [0.05, 0.1) is 30.2 Å². The van der Waals surface area contributed by atoms with E-state index in [1.54, 1.807) is 24.6 Å². The second-order valence-electron chi connectivity index (χ2n) is 10.9. The standard InChI is InChI=1S/C28H36ClN5O4S/c1-37-26-15-27(38-2)24(29)14-23(26)25-18-33-10-8-21(13-28(33)31-25)32-9-7-20(17-32)30-16-19-5-11-34(12-6-19)39(35,36)22-3-4-22/h8,10,13-15,18-20,22,30H,3-7,9,11-12,16-17H2,1-2H3. The molecule has 1 aromatic carbocycles. The van der Waals surface area contributed by atoms with Crippen LogP contribution in [0, 0.1) is 5.92 Å². The fourth-order valence-electron chi connectivity index (χ4n) is 5.80. The number of pyridine rings is 1. The maximum atomic E-state index is 12.5. The predicted molar refractivity (Wildman–Crippen MR) is 154 cm³/mol. The normalized spacial score (nSPS) is 21.1. The minimum atomic E-state index is -3.04. The fourth-order valence-corrected chi connectivity index (χ4v) is 7.91. The molecule has 4 heterocycles. The summed E-state index contributed by atoms with van der Waals surface area (Å²) in [4.78, 5) is 7.27. The molecule has 11 heteroatoms. The molecular formula is C28H36ClN5O4S. The fraction of sp³-hybridized carbons (Fsp3) is 0.536. The van der Waals surface area contributed by atoms with Crippen molar-refractivity contribution in [3.05, 3.63) is 41.7 Å². The first-order chi connectivity index (χ1) is 18.9. The number of benzene rings is 1. The second kappa shape index (κ2) is 10.8. The van der Waals surface area contributed by atoms with Gasteiger partial charge >= 0.3 is 0 Å². The lowest BCUT2D eigenvalue weighted by Crippen LogP contribution is -2.43. The SMILES string of the molecule is COc1cc(OC)c(-c2cn3ccc(N4CCC(NCC5CCN(S(=O)(=O)C6CC6)CC5)C4)cc3n2)cc1Cl. The van der Waals surface area contributed by atoms with E-state index in [4.69, 9.17) is 26.1 Å². The monoisotopic (exact) mass is 573 g/mol. The third kappa shape index (κ3) is 5.44. The van der Waals surface area contributed by atoms with E-state index >= 15 is 0 Å².